The van der Waals surface area contributed by atoms with Gasteiger partial charge in [0.2, 0.25) is 5.91 Å². The van der Waals surface area contributed by atoms with Gasteiger partial charge in [-0.1, -0.05) is 37.5 Å². The largest absolute Gasteiger partial charge is 0.389 e. The Kier molecular flexibility index (Phi) is 6.46. The number of benzene rings is 1. The van der Waals surface area contributed by atoms with Gasteiger partial charge < -0.3 is 20.3 Å². The molecule has 3 aromatic rings. The topological polar surface area (TPSA) is 94.1 Å². The predicted molar refractivity (Wildman–Crippen MR) is 127 cm³/mol. The highest BCUT2D eigenvalue weighted by Gasteiger charge is 2.32. The summed E-state index contributed by atoms with van der Waals surface area (Å²) in [4.78, 5) is 27.5. The normalized spacial score (nSPS) is 16.6. The Bertz CT molecular complexity index is 1080. The fraction of sp³-hybridized carbons (Fsp3) is 0.480. The van der Waals surface area contributed by atoms with Crippen LogP contribution in [0.3, 0.4) is 0 Å². The van der Waals surface area contributed by atoms with Gasteiger partial charge in [-0.05, 0) is 31.4 Å². The number of rotatable bonds is 7. The third-order valence-corrected chi connectivity index (χ3v) is 6.37. The number of para-hydroxylation sites is 1. The maximum absolute atomic E-state index is 13.1. The summed E-state index contributed by atoms with van der Waals surface area (Å²) in [5, 5.41) is 15.2. The lowest BCUT2D eigenvalue weighted by Gasteiger charge is -2.32. The van der Waals surface area contributed by atoms with Gasteiger partial charge in [-0.3, -0.25) is 4.79 Å². The Morgan fingerprint density at radius 1 is 1.22 bits per heavy atom. The van der Waals surface area contributed by atoms with Crippen LogP contribution in [0.15, 0.2) is 36.5 Å². The van der Waals surface area contributed by atoms with Crippen LogP contribution in [0.25, 0.3) is 10.9 Å². The molecule has 1 saturated carbocycles. The number of H-pyrrole nitrogens is 1. The number of hydrogen-bond donors (Lipinski definition) is 3. The van der Waals surface area contributed by atoms with Crippen molar-refractivity contribution in [1.82, 2.24) is 20.3 Å². The number of aliphatic hydroxyl groups is 1. The number of aromatic nitrogens is 3. The Balaban J connectivity index is 1.62. The van der Waals surface area contributed by atoms with Crippen molar-refractivity contribution in [2.45, 2.75) is 63.5 Å². The molecule has 1 aliphatic rings. The zero-order chi connectivity index (χ0) is 22.7. The number of fused-ring (bicyclic) bond motifs is 1. The summed E-state index contributed by atoms with van der Waals surface area (Å²) in [6, 6.07) is 9.76. The molecule has 3 N–H and O–H groups in total. The smallest absolute Gasteiger partial charge is 0.223 e. The molecule has 1 atom stereocenters. The molecular weight excluding hydrogens is 402 g/mol. The van der Waals surface area contributed by atoms with Gasteiger partial charge in [-0.25, -0.2) is 9.97 Å². The summed E-state index contributed by atoms with van der Waals surface area (Å²) in [6.07, 6.45) is 7.16. The number of aromatic amines is 1. The standard InChI is InChI=1S/C25H33N5O2/c1-17-27-22(14-23(28-17)30(2)3)21(13-18-16-26-20-10-6-5-9-19(18)20)29-24(31)15-25(32)11-7-4-8-12-25/h5-6,9-10,14,16,21,26,32H,4,7-8,11-13,15H2,1-3H3,(H,29,31)/t21-/m0/s1. The monoisotopic (exact) mass is 435 g/mol. The van der Waals surface area contributed by atoms with E-state index in [1.165, 1.54) is 0 Å². The molecule has 0 saturated heterocycles. The minimum atomic E-state index is -0.899. The van der Waals surface area contributed by atoms with E-state index in [1.54, 1.807) is 0 Å². The third-order valence-electron chi connectivity index (χ3n) is 6.37. The van der Waals surface area contributed by atoms with E-state index in [9.17, 15) is 9.90 Å². The van der Waals surface area contributed by atoms with E-state index in [0.29, 0.717) is 25.1 Å². The van der Waals surface area contributed by atoms with Crippen LogP contribution in [0, 0.1) is 6.92 Å². The molecule has 0 unspecified atom stereocenters. The minimum Gasteiger partial charge on any atom is -0.389 e. The molecule has 1 amide bonds. The third kappa shape index (κ3) is 5.10. The highest BCUT2D eigenvalue weighted by Crippen LogP contribution is 2.31. The predicted octanol–water partition coefficient (Wildman–Crippen LogP) is 3.82. The summed E-state index contributed by atoms with van der Waals surface area (Å²) in [5.41, 5.74) is 2.06. The maximum atomic E-state index is 13.1. The molecule has 7 nitrogen and oxygen atoms in total. The van der Waals surface area contributed by atoms with Crippen LogP contribution in [0.5, 0.6) is 0 Å². The molecule has 7 heteroatoms. The Labute approximate surface area is 189 Å². The molecule has 2 heterocycles. The van der Waals surface area contributed by atoms with Gasteiger partial charge in [0, 0.05) is 43.7 Å². The van der Waals surface area contributed by atoms with Crippen LogP contribution in [0.4, 0.5) is 5.82 Å². The van der Waals surface area contributed by atoms with Gasteiger partial charge in [0.05, 0.1) is 23.8 Å². The number of hydrogen-bond acceptors (Lipinski definition) is 5. The van der Waals surface area contributed by atoms with Gasteiger partial charge in [0.25, 0.3) is 0 Å². The van der Waals surface area contributed by atoms with Crippen molar-refractivity contribution in [1.29, 1.82) is 0 Å². The molecule has 4 rings (SSSR count). The zero-order valence-electron chi connectivity index (χ0n) is 19.2. The van der Waals surface area contributed by atoms with Crippen molar-refractivity contribution in [2.75, 3.05) is 19.0 Å². The summed E-state index contributed by atoms with van der Waals surface area (Å²) < 4.78 is 0. The summed E-state index contributed by atoms with van der Waals surface area (Å²) >= 11 is 0. The van der Waals surface area contributed by atoms with E-state index >= 15 is 0 Å². The molecule has 1 aliphatic carbocycles. The van der Waals surface area contributed by atoms with Crippen LogP contribution < -0.4 is 10.2 Å². The van der Waals surface area contributed by atoms with Crippen molar-refractivity contribution >= 4 is 22.6 Å². The quantitative estimate of drug-likeness (QED) is 0.525. The first-order valence-corrected chi connectivity index (χ1v) is 11.4. The van der Waals surface area contributed by atoms with E-state index in [0.717, 1.165) is 47.2 Å². The highest BCUT2D eigenvalue weighted by molar-refractivity contribution is 5.83. The number of amides is 1. The van der Waals surface area contributed by atoms with Crippen LogP contribution in [0.2, 0.25) is 0 Å². The average Bonchev–Trinajstić information content (AvgIpc) is 3.16. The number of carbonyl (C=O) groups excluding carboxylic acids is 1. The Morgan fingerprint density at radius 3 is 2.72 bits per heavy atom. The van der Waals surface area contributed by atoms with Gasteiger partial charge in [0.1, 0.15) is 11.6 Å². The van der Waals surface area contributed by atoms with Crippen LogP contribution in [0.1, 0.15) is 61.6 Å². The first-order valence-electron chi connectivity index (χ1n) is 11.4. The average molecular weight is 436 g/mol. The number of nitrogens with one attached hydrogen (secondary N) is 2. The van der Waals surface area contributed by atoms with E-state index in [2.05, 4.69) is 26.3 Å². The van der Waals surface area contributed by atoms with Crippen LogP contribution in [-0.2, 0) is 11.2 Å². The van der Waals surface area contributed by atoms with Crippen molar-refractivity contribution in [3.8, 4) is 0 Å². The second-order valence-corrected chi connectivity index (χ2v) is 9.24. The van der Waals surface area contributed by atoms with Gasteiger partial charge in [-0.15, -0.1) is 0 Å². The molecule has 0 spiro atoms. The fourth-order valence-electron chi connectivity index (χ4n) is 4.66. The first kappa shape index (κ1) is 22.3. The lowest BCUT2D eigenvalue weighted by molar-refractivity contribution is -0.128. The molecule has 170 valence electrons. The zero-order valence-corrected chi connectivity index (χ0v) is 19.2. The van der Waals surface area contributed by atoms with Crippen LogP contribution >= 0.6 is 0 Å². The van der Waals surface area contributed by atoms with Crippen molar-refractivity contribution < 1.29 is 9.90 Å². The molecule has 1 aromatic carbocycles. The Hall–Kier alpha value is -2.93. The SMILES string of the molecule is Cc1nc([C@H](Cc2c[nH]c3ccccc23)NC(=O)CC2(O)CCCCC2)cc(N(C)C)n1. The number of anilines is 1. The number of nitrogens with zero attached hydrogens (tertiary/aromatic N) is 3. The van der Waals surface area contributed by atoms with Crippen molar-refractivity contribution in [2.24, 2.45) is 0 Å². The second-order valence-electron chi connectivity index (χ2n) is 9.24. The molecule has 32 heavy (non-hydrogen) atoms. The molecule has 2 aromatic heterocycles. The highest BCUT2D eigenvalue weighted by atomic mass is 16.3. The van der Waals surface area contributed by atoms with Gasteiger partial charge in [-0.2, -0.15) is 0 Å². The summed E-state index contributed by atoms with van der Waals surface area (Å²) in [6.45, 7) is 1.87. The lowest BCUT2D eigenvalue weighted by Crippen LogP contribution is -2.40. The van der Waals surface area contributed by atoms with Gasteiger partial charge >= 0.3 is 0 Å². The van der Waals surface area contributed by atoms with Crippen molar-refractivity contribution in [3.05, 3.63) is 53.6 Å². The number of aryl methyl sites for hydroxylation is 1. The number of carbonyl (C=O) groups is 1. The van der Waals surface area contributed by atoms with Crippen molar-refractivity contribution in [3.63, 3.8) is 0 Å². The second kappa shape index (κ2) is 9.28. The van der Waals surface area contributed by atoms with E-state index in [4.69, 9.17) is 0 Å². The molecule has 0 bridgehead atoms. The lowest BCUT2D eigenvalue weighted by atomic mass is 9.82. The van der Waals surface area contributed by atoms with E-state index in [1.807, 2.05) is 56.4 Å². The van der Waals surface area contributed by atoms with E-state index < -0.39 is 5.60 Å². The Morgan fingerprint density at radius 2 is 1.97 bits per heavy atom. The summed E-state index contributed by atoms with van der Waals surface area (Å²) in [5.74, 6) is 1.33. The fourth-order valence-corrected chi connectivity index (χ4v) is 4.66. The molecular formula is C25H33N5O2. The first-order chi connectivity index (χ1) is 15.3. The van der Waals surface area contributed by atoms with E-state index in [-0.39, 0.29) is 18.4 Å². The van der Waals surface area contributed by atoms with Crippen LogP contribution in [-0.4, -0.2) is 45.7 Å². The molecule has 1 fully saturated rings. The maximum Gasteiger partial charge on any atom is 0.223 e. The summed E-state index contributed by atoms with van der Waals surface area (Å²) in [7, 11) is 3.88. The van der Waals surface area contributed by atoms with Gasteiger partial charge in [0.15, 0.2) is 0 Å². The minimum absolute atomic E-state index is 0.127. The molecule has 0 radical (unpaired) electrons. The molecule has 0 aliphatic heterocycles.